The molecule has 0 aliphatic rings. The minimum Gasteiger partial charge on any atom is -0.159 e. The third kappa shape index (κ3) is 8.42. The zero-order valence-corrected chi connectivity index (χ0v) is 10.4. The van der Waals surface area contributed by atoms with Gasteiger partial charge in [0, 0.05) is 4.75 Å². The monoisotopic (exact) mass is 200 g/mol. The highest BCUT2D eigenvalue weighted by Gasteiger charge is 2.12. The molecule has 1 heteroatoms. The molecule has 0 aromatic rings. The summed E-state index contributed by atoms with van der Waals surface area (Å²) < 4.78 is 0.418. The Bertz CT molecular complexity index is 136. The summed E-state index contributed by atoms with van der Waals surface area (Å²) in [6.45, 7) is 6.85. The van der Waals surface area contributed by atoms with Crippen LogP contribution in [0.2, 0.25) is 0 Å². The Kier molecular flexibility index (Phi) is 7.54. The van der Waals surface area contributed by atoms with E-state index in [1.54, 1.807) is 0 Å². The second kappa shape index (κ2) is 7.49. The Labute approximate surface area is 88.2 Å². The first-order chi connectivity index (χ1) is 6.12. The summed E-state index contributed by atoms with van der Waals surface area (Å²) in [6.07, 6.45) is 13.4. The van der Waals surface area contributed by atoms with Gasteiger partial charge in [-0.2, -0.15) is 11.8 Å². The normalized spacial score (nSPS) is 12.6. The van der Waals surface area contributed by atoms with Gasteiger partial charge in [0.05, 0.1) is 0 Å². The van der Waals surface area contributed by atoms with Crippen LogP contribution in [0.1, 0.15) is 52.9 Å². The fourth-order valence-corrected chi connectivity index (χ4v) is 1.34. The summed E-state index contributed by atoms with van der Waals surface area (Å²) in [5.41, 5.74) is 0. The van der Waals surface area contributed by atoms with Crippen molar-refractivity contribution in [2.75, 3.05) is 6.26 Å². The van der Waals surface area contributed by atoms with Gasteiger partial charge >= 0.3 is 0 Å². The maximum atomic E-state index is 2.34. The molecule has 0 unspecified atom stereocenters. The van der Waals surface area contributed by atoms with Crippen LogP contribution in [0, 0.1) is 0 Å². The molecule has 0 saturated heterocycles. The van der Waals surface area contributed by atoms with Crippen molar-refractivity contribution >= 4 is 11.8 Å². The molecule has 0 radical (unpaired) electrons. The third-order valence-corrected chi connectivity index (χ3v) is 3.57. The molecule has 0 atom stereocenters. The van der Waals surface area contributed by atoms with Crippen LogP contribution in [-0.2, 0) is 0 Å². The van der Waals surface area contributed by atoms with E-state index in [4.69, 9.17) is 0 Å². The summed E-state index contributed by atoms with van der Waals surface area (Å²) in [5, 5.41) is 0. The van der Waals surface area contributed by atoms with E-state index in [1.807, 2.05) is 11.8 Å². The Morgan fingerprint density at radius 2 is 1.85 bits per heavy atom. The molecule has 0 aromatic heterocycles. The smallest absolute Gasteiger partial charge is 0.0135 e. The van der Waals surface area contributed by atoms with E-state index >= 15 is 0 Å². The third-order valence-electron chi connectivity index (χ3n) is 2.30. The van der Waals surface area contributed by atoms with E-state index < -0.39 is 0 Å². The van der Waals surface area contributed by atoms with Crippen molar-refractivity contribution in [3.63, 3.8) is 0 Å². The first-order valence-electron chi connectivity index (χ1n) is 5.32. The van der Waals surface area contributed by atoms with E-state index in [1.165, 1.54) is 32.1 Å². The maximum Gasteiger partial charge on any atom is 0.0135 e. The second-order valence-corrected chi connectivity index (χ2v) is 5.65. The van der Waals surface area contributed by atoms with Crippen LogP contribution in [0.25, 0.3) is 0 Å². The van der Waals surface area contributed by atoms with Gasteiger partial charge in [-0.05, 0) is 25.5 Å². The quantitative estimate of drug-likeness (QED) is 0.425. The lowest BCUT2D eigenvalue weighted by atomic mass is 10.1. The van der Waals surface area contributed by atoms with Crippen LogP contribution in [0.5, 0.6) is 0 Å². The first-order valence-corrected chi connectivity index (χ1v) is 6.55. The zero-order valence-electron chi connectivity index (χ0n) is 9.60. The van der Waals surface area contributed by atoms with Gasteiger partial charge in [0.2, 0.25) is 0 Å². The van der Waals surface area contributed by atoms with Crippen molar-refractivity contribution in [2.24, 2.45) is 0 Å². The van der Waals surface area contributed by atoms with E-state index in [0.29, 0.717) is 4.75 Å². The highest BCUT2D eigenvalue weighted by atomic mass is 32.2. The molecular formula is C12H24S. The Hall–Kier alpha value is 0.0900. The standard InChI is InChI=1S/C12H24S/c1-5-6-7-8-9-10-11-12(2,3)13-4/h9-10H,5-8,11H2,1-4H3. The molecular weight excluding hydrogens is 176 g/mol. The molecule has 0 fully saturated rings. The van der Waals surface area contributed by atoms with Crippen molar-refractivity contribution in [1.82, 2.24) is 0 Å². The van der Waals surface area contributed by atoms with Crippen LogP contribution in [0.4, 0.5) is 0 Å². The molecule has 0 saturated carbocycles. The van der Waals surface area contributed by atoms with E-state index in [2.05, 4.69) is 39.2 Å². The number of unbranched alkanes of at least 4 members (excludes halogenated alkanes) is 3. The summed E-state index contributed by atoms with van der Waals surface area (Å²) >= 11 is 1.94. The fourth-order valence-electron chi connectivity index (χ4n) is 1.08. The topological polar surface area (TPSA) is 0 Å². The van der Waals surface area contributed by atoms with Gasteiger partial charge in [0.1, 0.15) is 0 Å². The predicted octanol–water partition coefficient (Wildman–Crippen LogP) is 4.65. The summed E-state index contributed by atoms with van der Waals surface area (Å²) in [5.74, 6) is 0. The van der Waals surface area contributed by atoms with Gasteiger partial charge < -0.3 is 0 Å². The number of thioether (sulfide) groups is 1. The van der Waals surface area contributed by atoms with E-state index in [0.717, 1.165) is 0 Å². The zero-order chi connectivity index (χ0) is 10.2. The van der Waals surface area contributed by atoms with E-state index in [-0.39, 0.29) is 0 Å². The molecule has 0 heterocycles. The molecule has 0 bridgehead atoms. The lowest BCUT2D eigenvalue weighted by Gasteiger charge is -2.19. The summed E-state index contributed by atoms with van der Waals surface area (Å²) in [6, 6.07) is 0. The SMILES string of the molecule is CCCCCC=CCC(C)(C)SC. The average molecular weight is 200 g/mol. The minimum absolute atomic E-state index is 0.418. The molecule has 13 heavy (non-hydrogen) atoms. The van der Waals surface area contributed by atoms with Crippen molar-refractivity contribution in [2.45, 2.75) is 57.6 Å². The Morgan fingerprint density at radius 3 is 2.38 bits per heavy atom. The Balaban J connectivity index is 3.40. The first kappa shape index (κ1) is 13.1. The van der Waals surface area contributed by atoms with E-state index in [9.17, 15) is 0 Å². The fraction of sp³-hybridized carbons (Fsp3) is 0.833. The predicted molar refractivity (Wildman–Crippen MR) is 65.5 cm³/mol. The summed E-state index contributed by atoms with van der Waals surface area (Å²) in [4.78, 5) is 0. The van der Waals surface area contributed by atoms with Crippen LogP contribution in [0.3, 0.4) is 0 Å². The maximum absolute atomic E-state index is 2.34. The molecule has 0 spiro atoms. The molecule has 78 valence electrons. The van der Waals surface area contributed by atoms with Gasteiger partial charge in [-0.3, -0.25) is 0 Å². The highest BCUT2D eigenvalue weighted by Crippen LogP contribution is 2.25. The number of allylic oxidation sites excluding steroid dienone is 2. The second-order valence-electron chi connectivity index (χ2n) is 4.14. The van der Waals surface area contributed by atoms with Crippen LogP contribution >= 0.6 is 11.8 Å². The largest absolute Gasteiger partial charge is 0.159 e. The average Bonchev–Trinajstić information content (AvgIpc) is 2.11. The molecule has 0 aromatic carbocycles. The van der Waals surface area contributed by atoms with Gasteiger partial charge in [-0.1, -0.05) is 45.8 Å². The molecule has 0 nitrogen and oxygen atoms in total. The van der Waals surface area contributed by atoms with Crippen LogP contribution in [-0.4, -0.2) is 11.0 Å². The highest BCUT2D eigenvalue weighted by molar-refractivity contribution is 7.99. The van der Waals surface area contributed by atoms with Gasteiger partial charge in [-0.15, -0.1) is 0 Å². The van der Waals surface area contributed by atoms with Crippen LogP contribution < -0.4 is 0 Å². The molecule has 0 aliphatic heterocycles. The molecule has 0 rings (SSSR count). The lowest BCUT2D eigenvalue weighted by molar-refractivity contribution is 0.711. The number of rotatable bonds is 7. The lowest BCUT2D eigenvalue weighted by Crippen LogP contribution is -2.11. The van der Waals surface area contributed by atoms with Gasteiger partial charge in [0.15, 0.2) is 0 Å². The molecule has 0 aliphatic carbocycles. The number of hydrogen-bond acceptors (Lipinski definition) is 1. The minimum atomic E-state index is 0.418. The van der Waals surface area contributed by atoms with Crippen molar-refractivity contribution in [1.29, 1.82) is 0 Å². The van der Waals surface area contributed by atoms with Gasteiger partial charge in [0.25, 0.3) is 0 Å². The van der Waals surface area contributed by atoms with Crippen molar-refractivity contribution in [3.05, 3.63) is 12.2 Å². The Morgan fingerprint density at radius 1 is 1.15 bits per heavy atom. The molecule has 0 amide bonds. The van der Waals surface area contributed by atoms with Gasteiger partial charge in [-0.25, -0.2) is 0 Å². The molecule has 0 N–H and O–H groups in total. The van der Waals surface area contributed by atoms with Crippen molar-refractivity contribution in [3.8, 4) is 0 Å². The van der Waals surface area contributed by atoms with Crippen LogP contribution in [0.15, 0.2) is 12.2 Å². The number of hydrogen-bond donors (Lipinski definition) is 0. The van der Waals surface area contributed by atoms with Crippen molar-refractivity contribution < 1.29 is 0 Å². The summed E-state index contributed by atoms with van der Waals surface area (Å²) in [7, 11) is 0.